The number of phenolic OH excluding ortho intramolecular Hbond substituents is 2. The summed E-state index contributed by atoms with van der Waals surface area (Å²) in [7, 11) is 0. The van der Waals surface area contributed by atoms with E-state index in [-0.39, 0.29) is 35.2 Å². The van der Waals surface area contributed by atoms with Crippen LogP contribution in [-0.2, 0) is 0 Å². The number of benzene rings is 2. The van der Waals surface area contributed by atoms with Crippen LogP contribution in [0.4, 0.5) is 13.2 Å². The maximum Gasteiger partial charge on any atom is 0.573 e. The topological polar surface area (TPSA) is 75.7 Å². The molecular formula is C14H13ClF3NO3. The number of ether oxygens (including phenoxy) is 1. The average molecular weight is 336 g/mol. The van der Waals surface area contributed by atoms with E-state index in [1.165, 1.54) is 30.3 Å². The molecule has 0 heterocycles. The number of halogens is 4. The molecule has 4 nitrogen and oxygen atoms in total. The molecular weight excluding hydrogens is 323 g/mol. The van der Waals surface area contributed by atoms with Gasteiger partial charge in [-0.05, 0) is 35.9 Å². The predicted molar refractivity (Wildman–Crippen MR) is 76.2 cm³/mol. The minimum atomic E-state index is -4.76. The van der Waals surface area contributed by atoms with E-state index in [4.69, 9.17) is 5.73 Å². The van der Waals surface area contributed by atoms with Crippen molar-refractivity contribution < 1.29 is 28.1 Å². The van der Waals surface area contributed by atoms with Gasteiger partial charge >= 0.3 is 6.36 Å². The van der Waals surface area contributed by atoms with Crippen molar-refractivity contribution in [3.05, 3.63) is 53.6 Å². The molecule has 0 spiro atoms. The van der Waals surface area contributed by atoms with Crippen LogP contribution >= 0.6 is 12.4 Å². The van der Waals surface area contributed by atoms with Gasteiger partial charge in [0.05, 0.1) is 6.04 Å². The molecule has 2 aromatic carbocycles. The molecule has 0 saturated heterocycles. The van der Waals surface area contributed by atoms with Crippen molar-refractivity contribution >= 4 is 12.4 Å². The molecule has 0 bridgehead atoms. The second-order valence-electron chi connectivity index (χ2n) is 4.34. The van der Waals surface area contributed by atoms with Crippen LogP contribution in [-0.4, -0.2) is 16.6 Å². The fourth-order valence-corrected chi connectivity index (χ4v) is 1.85. The van der Waals surface area contributed by atoms with E-state index >= 15 is 0 Å². The van der Waals surface area contributed by atoms with E-state index in [0.29, 0.717) is 5.56 Å². The smallest absolute Gasteiger partial charge is 0.508 e. The van der Waals surface area contributed by atoms with Crippen LogP contribution in [0.2, 0.25) is 0 Å². The highest BCUT2D eigenvalue weighted by molar-refractivity contribution is 5.85. The Morgan fingerprint density at radius 3 is 2.14 bits per heavy atom. The monoisotopic (exact) mass is 335 g/mol. The second-order valence-corrected chi connectivity index (χ2v) is 4.34. The Bertz CT molecular complexity index is 632. The van der Waals surface area contributed by atoms with Gasteiger partial charge in [-0.3, -0.25) is 0 Å². The van der Waals surface area contributed by atoms with Gasteiger partial charge in [0.1, 0.15) is 17.2 Å². The van der Waals surface area contributed by atoms with Crippen molar-refractivity contribution in [3.63, 3.8) is 0 Å². The minimum Gasteiger partial charge on any atom is -0.508 e. The van der Waals surface area contributed by atoms with E-state index in [0.717, 1.165) is 12.1 Å². The number of alkyl halides is 3. The Labute approximate surface area is 130 Å². The van der Waals surface area contributed by atoms with Crippen LogP contribution < -0.4 is 10.5 Å². The van der Waals surface area contributed by atoms with Gasteiger partial charge in [0.15, 0.2) is 0 Å². The van der Waals surface area contributed by atoms with Crippen molar-refractivity contribution in [1.82, 2.24) is 0 Å². The number of aromatic hydroxyl groups is 2. The Balaban J connectivity index is 0.00000242. The van der Waals surface area contributed by atoms with Crippen molar-refractivity contribution in [3.8, 4) is 17.2 Å². The molecule has 0 unspecified atom stereocenters. The standard InChI is InChI=1S/C14H12F3NO3.ClH/c15-14(16,17)21-10-4-1-8(2-5-10)13(18)11-7-9(19)3-6-12(11)20;/h1-7,13,19-20H,18H2;1H/t13-;/m0./s1. The third-order valence-corrected chi connectivity index (χ3v) is 2.82. The van der Waals surface area contributed by atoms with E-state index in [1.54, 1.807) is 0 Å². The molecule has 120 valence electrons. The molecule has 0 saturated carbocycles. The molecule has 0 aliphatic carbocycles. The lowest BCUT2D eigenvalue weighted by atomic mass is 9.98. The first kappa shape index (κ1) is 17.9. The highest BCUT2D eigenvalue weighted by Crippen LogP contribution is 2.31. The van der Waals surface area contributed by atoms with Crippen LogP contribution in [0.15, 0.2) is 42.5 Å². The van der Waals surface area contributed by atoms with Crippen molar-refractivity contribution in [2.24, 2.45) is 5.73 Å². The summed E-state index contributed by atoms with van der Waals surface area (Å²) in [6.07, 6.45) is -4.76. The first-order chi connectivity index (χ1) is 9.76. The van der Waals surface area contributed by atoms with Crippen LogP contribution in [0, 0.1) is 0 Å². The first-order valence-electron chi connectivity index (χ1n) is 5.89. The molecule has 2 aromatic rings. The molecule has 0 fully saturated rings. The SMILES string of the molecule is Cl.N[C@@H](c1ccc(OC(F)(F)F)cc1)c1cc(O)ccc1O. The Hall–Kier alpha value is -2.12. The van der Waals surface area contributed by atoms with Crippen LogP contribution in [0.25, 0.3) is 0 Å². The normalized spacial score (nSPS) is 12.4. The maximum atomic E-state index is 12.1. The zero-order valence-corrected chi connectivity index (χ0v) is 11.9. The summed E-state index contributed by atoms with van der Waals surface area (Å²) in [6.45, 7) is 0. The molecule has 0 amide bonds. The lowest BCUT2D eigenvalue weighted by Crippen LogP contribution is -2.17. The van der Waals surface area contributed by atoms with E-state index in [2.05, 4.69) is 4.74 Å². The largest absolute Gasteiger partial charge is 0.573 e. The molecule has 0 aliphatic heterocycles. The van der Waals surface area contributed by atoms with Gasteiger partial charge in [0, 0.05) is 5.56 Å². The molecule has 0 aromatic heterocycles. The summed E-state index contributed by atoms with van der Waals surface area (Å²) in [4.78, 5) is 0. The molecule has 1 atom stereocenters. The Morgan fingerprint density at radius 2 is 1.59 bits per heavy atom. The molecule has 0 radical (unpaired) electrons. The van der Waals surface area contributed by atoms with E-state index in [1.807, 2.05) is 0 Å². The molecule has 22 heavy (non-hydrogen) atoms. The second kappa shape index (κ2) is 6.76. The van der Waals surface area contributed by atoms with Gasteiger partial charge in [-0.1, -0.05) is 12.1 Å². The van der Waals surface area contributed by atoms with Gasteiger partial charge in [0.25, 0.3) is 0 Å². The third kappa shape index (κ3) is 4.44. The van der Waals surface area contributed by atoms with Gasteiger partial charge in [-0.25, -0.2) is 0 Å². The summed E-state index contributed by atoms with van der Waals surface area (Å²) >= 11 is 0. The predicted octanol–water partition coefficient (Wildman–Crippen LogP) is 3.47. The fourth-order valence-electron chi connectivity index (χ4n) is 1.85. The Kier molecular flexibility index (Phi) is 5.51. The van der Waals surface area contributed by atoms with Crippen molar-refractivity contribution in [1.29, 1.82) is 0 Å². The number of nitrogens with two attached hydrogens (primary N) is 1. The summed E-state index contributed by atoms with van der Waals surface area (Å²) in [5.74, 6) is -0.551. The van der Waals surface area contributed by atoms with Crippen LogP contribution in [0.3, 0.4) is 0 Å². The molecule has 2 rings (SSSR count). The average Bonchev–Trinajstić information content (AvgIpc) is 2.40. The number of hydrogen-bond acceptors (Lipinski definition) is 4. The molecule has 8 heteroatoms. The summed E-state index contributed by atoms with van der Waals surface area (Å²) in [6, 6.07) is 8.05. The zero-order chi connectivity index (χ0) is 15.6. The summed E-state index contributed by atoms with van der Waals surface area (Å²) in [5, 5.41) is 19.1. The number of hydrogen-bond donors (Lipinski definition) is 3. The van der Waals surface area contributed by atoms with Gasteiger partial charge in [-0.2, -0.15) is 0 Å². The highest BCUT2D eigenvalue weighted by atomic mass is 35.5. The Morgan fingerprint density at radius 1 is 1.00 bits per heavy atom. The fraction of sp³-hybridized carbons (Fsp3) is 0.143. The minimum absolute atomic E-state index is 0. The molecule has 0 aliphatic rings. The maximum absolute atomic E-state index is 12.1. The van der Waals surface area contributed by atoms with Crippen LogP contribution in [0.1, 0.15) is 17.2 Å². The third-order valence-electron chi connectivity index (χ3n) is 2.82. The van der Waals surface area contributed by atoms with Gasteiger partial charge in [0.2, 0.25) is 0 Å². The first-order valence-corrected chi connectivity index (χ1v) is 5.89. The lowest BCUT2D eigenvalue weighted by molar-refractivity contribution is -0.274. The quantitative estimate of drug-likeness (QED) is 0.751. The highest BCUT2D eigenvalue weighted by Gasteiger charge is 2.31. The van der Waals surface area contributed by atoms with Crippen molar-refractivity contribution in [2.75, 3.05) is 0 Å². The number of rotatable bonds is 3. The van der Waals surface area contributed by atoms with Crippen LogP contribution in [0.5, 0.6) is 17.2 Å². The van der Waals surface area contributed by atoms with E-state index < -0.39 is 12.4 Å². The number of phenols is 2. The van der Waals surface area contributed by atoms with Gasteiger partial charge in [-0.15, -0.1) is 25.6 Å². The van der Waals surface area contributed by atoms with E-state index in [9.17, 15) is 23.4 Å². The zero-order valence-electron chi connectivity index (χ0n) is 11.0. The summed E-state index contributed by atoms with van der Waals surface area (Å²) < 4.78 is 39.9. The van der Waals surface area contributed by atoms with Crippen molar-refractivity contribution in [2.45, 2.75) is 12.4 Å². The lowest BCUT2D eigenvalue weighted by Gasteiger charge is -2.15. The van der Waals surface area contributed by atoms with Gasteiger partial charge < -0.3 is 20.7 Å². The summed E-state index contributed by atoms with van der Waals surface area (Å²) in [5.41, 5.74) is 6.66. The molecule has 4 N–H and O–H groups in total.